The van der Waals surface area contributed by atoms with Crippen LogP contribution in [0.5, 0.6) is 0 Å². The van der Waals surface area contributed by atoms with Crippen molar-refractivity contribution >= 4 is 17.0 Å². The molecule has 0 spiro atoms. The van der Waals surface area contributed by atoms with E-state index in [0.29, 0.717) is 17.0 Å². The van der Waals surface area contributed by atoms with Gasteiger partial charge in [-0.3, -0.25) is 0 Å². The summed E-state index contributed by atoms with van der Waals surface area (Å²) >= 11 is 0. The molecule has 0 saturated heterocycles. The molecule has 1 aromatic heterocycles. The summed E-state index contributed by atoms with van der Waals surface area (Å²) in [5, 5.41) is 28.1. The first-order valence-electron chi connectivity index (χ1n) is 6.63. The van der Waals surface area contributed by atoms with Crippen molar-refractivity contribution < 1.29 is 20.1 Å². The molecular weight excluding hydrogens is 260 g/mol. The molecule has 0 unspecified atom stereocenters. The molecule has 3 rings (SSSR count). The first kappa shape index (κ1) is 13.1. The summed E-state index contributed by atoms with van der Waals surface area (Å²) in [4.78, 5) is 15.8. The van der Waals surface area contributed by atoms with E-state index in [9.17, 15) is 20.1 Å². The third-order valence-electron chi connectivity index (χ3n) is 3.71. The number of carboxylic acid groups (broad SMARTS) is 1. The lowest BCUT2D eigenvalue weighted by molar-refractivity contribution is 0.0699. The van der Waals surface area contributed by atoms with Gasteiger partial charge in [-0.15, -0.1) is 0 Å². The van der Waals surface area contributed by atoms with Crippen molar-refractivity contribution in [1.29, 1.82) is 0 Å². The standard InChI is InChI=1S/C14H16N2O4/c17-6-9(7-18)16-11-3-1-2-10(14(19)20)12(11)15-13(16)8-4-5-8/h1-3,8-9,17-18H,4-7H2,(H,19,20). The molecule has 3 N–H and O–H groups in total. The van der Waals surface area contributed by atoms with Crippen molar-refractivity contribution in [3.8, 4) is 0 Å². The van der Waals surface area contributed by atoms with Gasteiger partial charge in [-0.25, -0.2) is 9.78 Å². The zero-order valence-corrected chi connectivity index (χ0v) is 10.9. The number of aromatic nitrogens is 2. The molecule has 0 radical (unpaired) electrons. The highest BCUT2D eigenvalue weighted by Crippen LogP contribution is 2.42. The summed E-state index contributed by atoms with van der Waals surface area (Å²) in [7, 11) is 0. The quantitative estimate of drug-likeness (QED) is 0.761. The summed E-state index contributed by atoms with van der Waals surface area (Å²) in [5.74, 6) is 0.0404. The van der Waals surface area contributed by atoms with Gasteiger partial charge in [-0.2, -0.15) is 0 Å². The van der Waals surface area contributed by atoms with Gasteiger partial charge in [-0.05, 0) is 25.0 Å². The number of carbonyl (C=O) groups is 1. The Kier molecular flexibility index (Phi) is 3.19. The number of carboxylic acids is 1. The Hall–Kier alpha value is -1.92. The second-order valence-corrected chi connectivity index (χ2v) is 5.11. The van der Waals surface area contributed by atoms with Gasteiger partial charge in [0.05, 0.1) is 30.3 Å². The predicted octanol–water partition coefficient (Wildman–Crippen LogP) is 1.14. The van der Waals surface area contributed by atoms with Crippen LogP contribution in [0.3, 0.4) is 0 Å². The fraction of sp³-hybridized carbons (Fsp3) is 0.429. The van der Waals surface area contributed by atoms with Gasteiger partial charge in [-0.1, -0.05) is 6.07 Å². The Morgan fingerprint density at radius 3 is 2.60 bits per heavy atom. The van der Waals surface area contributed by atoms with Gasteiger partial charge in [0.1, 0.15) is 11.3 Å². The maximum Gasteiger partial charge on any atom is 0.337 e. The molecule has 0 aliphatic heterocycles. The van der Waals surface area contributed by atoms with Crippen LogP contribution in [0.25, 0.3) is 11.0 Å². The van der Waals surface area contributed by atoms with E-state index < -0.39 is 12.0 Å². The van der Waals surface area contributed by atoms with Crippen molar-refractivity contribution in [3.05, 3.63) is 29.6 Å². The Morgan fingerprint density at radius 2 is 2.05 bits per heavy atom. The van der Waals surface area contributed by atoms with Crippen LogP contribution in [0.2, 0.25) is 0 Å². The average Bonchev–Trinajstić information content (AvgIpc) is 3.22. The maximum absolute atomic E-state index is 11.3. The normalized spacial score (nSPS) is 15.2. The minimum Gasteiger partial charge on any atom is -0.478 e. The summed E-state index contributed by atoms with van der Waals surface area (Å²) in [6, 6.07) is 4.47. The van der Waals surface area contributed by atoms with Crippen LogP contribution in [-0.2, 0) is 0 Å². The smallest absolute Gasteiger partial charge is 0.337 e. The van der Waals surface area contributed by atoms with Gasteiger partial charge >= 0.3 is 5.97 Å². The van der Waals surface area contributed by atoms with E-state index in [4.69, 9.17) is 0 Å². The highest BCUT2D eigenvalue weighted by atomic mass is 16.4. The number of aliphatic hydroxyl groups excluding tert-OH is 2. The van der Waals surface area contributed by atoms with Crippen LogP contribution in [0.4, 0.5) is 0 Å². The number of imidazole rings is 1. The van der Waals surface area contributed by atoms with Crippen LogP contribution in [-0.4, -0.2) is 44.1 Å². The lowest BCUT2D eigenvalue weighted by atomic mass is 10.2. The van der Waals surface area contributed by atoms with Crippen LogP contribution >= 0.6 is 0 Å². The van der Waals surface area contributed by atoms with E-state index >= 15 is 0 Å². The zero-order chi connectivity index (χ0) is 14.3. The van der Waals surface area contributed by atoms with Crippen molar-refractivity contribution in [2.75, 3.05) is 13.2 Å². The van der Waals surface area contributed by atoms with Crippen LogP contribution in [0, 0.1) is 0 Å². The van der Waals surface area contributed by atoms with Gasteiger partial charge in [0, 0.05) is 5.92 Å². The first-order valence-corrected chi connectivity index (χ1v) is 6.63. The molecule has 1 aromatic carbocycles. The van der Waals surface area contributed by atoms with Crippen LogP contribution < -0.4 is 0 Å². The average molecular weight is 276 g/mol. The molecule has 1 saturated carbocycles. The largest absolute Gasteiger partial charge is 0.478 e. The second kappa shape index (κ2) is 4.88. The molecule has 2 aromatic rings. The van der Waals surface area contributed by atoms with Crippen molar-refractivity contribution in [1.82, 2.24) is 9.55 Å². The number of aliphatic hydroxyl groups is 2. The third kappa shape index (κ3) is 1.97. The monoisotopic (exact) mass is 276 g/mol. The fourth-order valence-corrected chi connectivity index (χ4v) is 2.54. The van der Waals surface area contributed by atoms with E-state index in [-0.39, 0.29) is 18.8 Å². The number of hydrogen-bond acceptors (Lipinski definition) is 4. The molecule has 106 valence electrons. The molecule has 0 amide bonds. The zero-order valence-electron chi connectivity index (χ0n) is 10.9. The SMILES string of the molecule is O=C(O)c1cccc2c1nc(C1CC1)n2C(CO)CO. The Balaban J connectivity index is 2.27. The van der Waals surface area contributed by atoms with Gasteiger partial charge < -0.3 is 19.9 Å². The number of fused-ring (bicyclic) bond motifs is 1. The molecule has 20 heavy (non-hydrogen) atoms. The molecule has 0 bridgehead atoms. The molecule has 1 heterocycles. The lowest BCUT2D eigenvalue weighted by Gasteiger charge is -2.17. The van der Waals surface area contributed by atoms with E-state index in [0.717, 1.165) is 18.7 Å². The third-order valence-corrected chi connectivity index (χ3v) is 3.71. The van der Waals surface area contributed by atoms with E-state index in [1.165, 1.54) is 6.07 Å². The molecule has 1 aliphatic carbocycles. The van der Waals surface area contributed by atoms with E-state index in [2.05, 4.69) is 4.98 Å². The molecular formula is C14H16N2O4. The van der Waals surface area contributed by atoms with Gasteiger partial charge in [0.15, 0.2) is 0 Å². The molecule has 6 nitrogen and oxygen atoms in total. The lowest BCUT2D eigenvalue weighted by Crippen LogP contribution is -2.19. The fourth-order valence-electron chi connectivity index (χ4n) is 2.54. The maximum atomic E-state index is 11.3. The minimum absolute atomic E-state index is 0.151. The second-order valence-electron chi connectivity index (χ2n) is 5.11. The summed E-state index contributed by atoms with van der Waals surface area (Å²) in [6.45, 7) is -0.419. The number of rotatable bonds is 5. The Morgan fingerprint density at radius 1 is 1.35 bits per heavy atom. The number of hydrogen-bond donors (Lipinski definition) is 3. The summed E-state index contributed by atoms with van der Waals surface area (Å²) < 4.78 is 1.79. The van der Waals surface area contributed by atoms with E-state index in [1.54, 1.807) is 16.7 Å². The number of nitrogens with zero attached hydrogens (tertiary/aromatic N) is 2. The number of benzene rings is 1. The van der Waals surface area contributed by atoms with Crippen molar-refractivity contribution in [2.24, 2.45) is 0 Å². The van der Waals surface area contributed by atoms with Gasteiger partial charge in [0.25, 0.3) is 0 Å². The number of para-hydroxylation sites is 1. The molecule has 6 heteroatoms. The van der Waals surface area contributed by atoms with Gasteiger partial charge in [0.2, 0.25) is 0 Å². The van der Waals surface area contributed by atoms with Crippen LogP contribution in [0.1, 0.15) is 41.0 Å². The van der Waals surface area contributed by atoms with Crippen LogP contribution in [0.15, 0.2) is 18.2 Å². The highest BCUT2D eigenvalue weighted by molar-refractivity contribution is 6.01. The molecule has 0 atom stereocenters. The Bertz CT molecular complexity index is 656. The first-order chi connectivity index (χ1) is 9.67. The van der Waals surface area contributed by atoms with Crippen molar-refractivity contribution in [2.45, 2.75) is 24.8 Å². The summed E-state index contributed by atoms with van der Waals surface area (Å²) in [6.07, 6.45) is 2.02. The molecule has 1 aliphatic rings. The van der Waals surface area contributed by atoms with E-state index in [1.807, 2.05) is 0 Å². The predicted molar refractivity (Wildman–Crippen MR) is 71.9 cm³/mol. The molecule has 1 fully saturated rings. The minimum atomic E-state index is -1.02. The Labute approximate surface area is 115 Å². The number of aromatic carboxylic acids is 1. The topological polar surface area (TPSA) is 95.6 Å². The summed E-state index contributed by atoms with van der Waals surface area (Å²) in [5.41, 5.74) is 1.23. The van der Waals surface area contributed by atoms with Crippen molar-refractivity contribution in [3.63, 3.8) is 0 Å². The highest BCUT2D eigenvalue weighted by Gasteiger charge is 2.32.